The Morgan fingerprint density at radius 3 is 2.76 bits per heavy atom. The van der Waals surface area contributed by atoms with Gasteiger partial charge in [0.25, 0.3) is 0 Å². The molecule has 0 aliphatic carbocycles. The van der Waals surface area contributed by atoms with Crippen LogP contribution >= 0.6 is 11.6 Å². The second-order valence-corrected chi connectivity index (χ2v) is 9.69. The van der Waals surface area contributed by atoms with Crippen molar-refractivity contribution in [3.8, 4) is 11.5 Å². The van der Waals surface area contributed by atoms with Gasteiger partial charge >= 0.3 is 0 Å². The van der Waals surface area contributed by atoms with Crippen molar-refractivity contribution in [1.29, 1.82) is 0 Å². The fourth-order valence-corrected chi connectivity index (χ4v) is 5.38. The number of benzene rings is 2. The van der Waals surface area contributed by atoms with E-state index in [0.29, 0.717) is 11.6 Å². The molecule has 1 N–H and O–H groups in total. The summed E-state index contributed by atoms with van der Waals surface area (Å²) < 4.78 is 11.8. The van der Waals surface area contributed by atoms with Crippen LogP contribution < -0.4 is 9.47 Å². The number of para-hydroxylation sites is 1. The highest BCUT2D eigenvalue weighted by Gasteiger charge is 2.34. The Labute approximate surface area is 206 Å². The van der Waals surface area contributed by atoms with Crippen LogP contribution in [-0.4, -0.2) is 55.6 Å². The molecule has 0 saturated carbocycles. The van der Waals surface area contributed by atoms with Crippen LogP contribution in [0.2, 0.25) is 5.02 Å². The van der Waals surface area contributed by atoms with Gasteiger partial charge in [0.15, 0.2) is 11.5 Å². The van der Waals surface area contributed by atoms with E-state index < -0.39 is 5.60 Å². The van der Waals surface area contributed by atoms with Gasteiger partial charge in [-0.1, -0.05) is 48.0 Å². The highest BCUT2D eigenvalue weighted by Crippen LogP contribution is 2.43. The number of hydrogen-bond donors (Lipinski definition) is 1. The number of ether oxygens (including phenoxy) is 2. The van der Waals surface area contributed by atoms with Crippen LogP contribution in [0.3, 0.4) is 0 Å². The van der Waals surface area contributed by atoms with E-state index in [1.807, 2.05) is 48.7 Å². The lowest BCUT2D eigenvalue weighted by molar-refractivity contribution is -0.0254. The molecule has 0 amide bonds. The Morgan fingerprint density at radius 2 is 2.00 bits per heavy atom. The molecule has 1 saturated heterocycles. The van der Waals surface area contributed by atoms with Gasteiger partial charge in [-0.05, 0) is 54.7 Å². The molecule has 5 rings (SSSR count). The maximum atomic E-state index is 11.2. The summed E-state index contributed by atoms with van der Waals surface area (Å²) in [5.74, 6) is 1.75. The molecule has 2 aromatic rings. The molecule has 2 atom stereocenters. The molecule has 2 aromatic carbocycles. The lowest BCUT2D eigenvalue weighted by atomic mass is 9.84. The standard InChI is InChI=1S/C28H31ClN2O3/c1-33-26-8-2-5-24-22(23-6-3-15-30-25(23)19-34-27(24)26)7-4-16-31-17-13-28(32,14-18-31)20-9-11-21(29)12-10-20/h2-3,5-12,15,23,25,32H,4,13-14,16-19H2,1H3/b22-7+. The number of allylic oxidation sites excluding steroid dienone is 1. The van der Waals surface area contributed by atoms with Crippen molar-refractivity contribution < 1.29 is 14.6 Å². The minimum Gasteiger partial charge on any atom is -0.493 e. The molecule has 3 heterocycles. The Hall–Kier alpha value is -2.60. The lowest BCUT2D eigenvalue weighted by Gasteiger charge is -2.38. The smallest absolute Gasteiger partial charge is 0.168 e. The van der Waals surface area contributed by atoms with Gasteiger partial charge in [-0.25, -0.2) is 0 Å². The minimum absolute atomic E-state index is 0.0673. The van der Waals surface area contributed by atoms with Gasteiger partial charge in [-0.2, -0.15) is 0 Å². The molecular formula is C28H31ClN2O3. The lowest BCUT2D eigenvalue weighted by Crippen LogP contribution is -2.42. The van der Waals surface area contributed by atoms with Crippen LogP contribution in [0.5, 0.6) is 11.5 Å². The molecule has 6 heteroatoms. The first kappa shape index (κ1) is 23.2. The number of fused-ring (bicyclic) bond motifs is 2. The van der Waals surface area contributed by atoms with Gasteiger partial charge < -0.3 is 19.5 Å². The zero-order valence-electron chi connectivity index (χ0n) is 19.5. The summed E-state index contributed by atoms with van der Waals surface area (Å²) in [5.41, 5.74) is 2.52. The maximum absolute atomic E-state index is 11.2. The first-order chi connectivity index (χ1) is 16.6. The zero-order chi connectivity index (χ0) is 23.5. The predicted molar refractivity (Wildman–Crippen MR) is 137 cm³/mol. The number of aliphatic hydroxyl groups is 1. The van der Waals surface area contributed by atoms with Crippen LogP contribution in [-0.2, 0) is 5.60 Å². The third-order valence-corrected chi connectivity index (χ3v) is 7.49. The van der Waals surface area contributed by atoms with Crippen molar-refractivity contribution in [2.24, 2.45) is 10.9 Å². The first-order valence-electron chi connectivity index (χ1n) is 12.0. The first-order valence-corrected chi connectivity index (χ1v) is 12.4. The molecule has 0 spiro atoms. The number of piperidine rings is 1. The van der Waals surface area contributed by atoms with E-state index in [1.54, 1.807) is 7.11 Å². The van der Waals surface area contributed by atoms with E-state index in [-0.39, 0.29) is 12.0 Å². The third kappa shape index (κ3) is 4.65. The fraction of sp³-hybridized carbons (Fsp3) is 0.393. The van der Waals surface area contributed by atoms with Gasteiger partial charge in [0, 0.05) is 42.4 Å². The number of likely N-dealkylation sites (tertiary alicyclic amines) is 1. The molecule has 0 radical (unpaired) electrons. The molecule has 3 aliphatic heterocycles. The summed E-state index contributed by atoms with van der Waals surface area (Å²) in [4.78, 5) is 7.12. The van der Waals surface area contributed by atoms with Crippen molar-refractivity contribution in [2.45, 2.75) is 30.9 Å². The number of dihydropyridines is 1. The molecule has 0 aromatic heterocycles. The highest BCUT2D eigenvalue weighted by atomic mass is 35.5. The SMILES string of the molecule is COc1cccc2c1OCC1N=CC=CC1/C2=C\CCN1CCC(O)(c2ccc(Cl)cc2)CC1. The van der Waals surface area contributed by atoms with Crippen molar-refractivity contribution in [3.05, 3.63) is 76.8 Å². The van der Waals surface area contributed by atoms with Gasteiger partial charge in [0.2, 0.25) is 0 Å². The summed E-state index contributed by atoms with van der Waals surface area (Å²) in [6.45, 7) is 3.22. The van der Waals surface area contributed by atoms with Crippen molar-refractivity contribution in [3.63, 3.8) is 0 Å². The zero-order valence-corrected chi connectivity index (χ0v) is 20.2. The van der Waals surface area contributed by atoms with Gasteiger partial charge in [-0.3, -0.25) is 4.99 Å². The van der Waals surface area contributed by atoms with Crippen molar-refractivity contribution in [1.82, 2.24) is 4.90 Å². The summed E-state index contributed by atoms with van der Waals surface area (Å²) in [5, 5.41) is 11.9. The monoisotopic (exact) mass is 478 g/mol. The number of aliphatic imine (C=N–C) groups is 1. The van der Waals surface area contributed by atoms with Gasteiger partial charge in [-0.15, -0.1) is 0 Å². The normalized spacial score (nSPS) is 24.7. The molecule has 5 nitrogen and oxygen atoms in total. The minimum atomic E-state index is -0.772. The van der Waals surface area contributed by atoms with E-state index in [2.05, 4.69) is 28.1 Å². The van der Waals surface area contributed by atoms with Crippen molar-refractivity contribution in [2.75, 3.05) is 33.4 Å². The van der Waals surface area contributed by atoms with E-state index in [4.69, 9.17) is 21.1 Å². The summed E-state index contributed by atoms with van der Waals surface area (Å²) in [7, 11) is 1.68. The molecule has 178 valence electrons. The highest BCUT2D eigenvalue weighted by molar-refractivity contribution is 6.30. The topological polar surface area (TPSA) is 54.3 Å². The molecule has 3 aliphatic rings. The van der Waals surface area contributed by atoms with E-state index >= 15 is 0 Å². The second-order valence-electron chi connectivity index (χ2n) is 9.25. The Morgan fingerprint density at radius 1 is 1.21 bits per heavy atom. The Bertz CT molecular complexity index is 1100. The average molecular weight is 479 g/mol. The van der Waals surface area contributed by atoms with Crippen LogP contribution in [0.15, 0.2) is 65.7 Å². The van der Waals surface area contributed by atoms with Crippen LogP contribution in [0.25, 0.3) is 5.57 Å². The fourth-order valence-electron chi connectivity index (χ4n) is 5.25. The Balaban J connectivity index is 1.29. The van der Waals surface area contributed by atoms with Crippen LogP contribution in [0.1, 0.15) is 30.4 Å². The quantitative estimate of drug-likeness (QED) is 0.647. The molecular weight excluding hydrogens is 448 g/mol. The van der Waals surface area contributed by atoms with Crippen LogP contribution in [0.4, 0.5) is 0 Å². The largest absolute Gasteiger partial charge is 0.493 e. The molecule has 0 bridgehead atoms. The third-order valence-electron chi connectivity index (χ3n) is 7.24. The maximum Gasteiger partial charge on any atom is 0.168 e. The van der Waals surface area contributed by atoms with Gasteiger partial charge in [0.05, 0.1) is 18.8 Å². The summed E-state index contributed by atoms with van der Waals surface area (Å²) >= 11 is 6.02. The van der Waals surface area contributed by atoms with E-state index in [1.165, 1.54) is 5.57 Å². The summed E-state index contributed by atoms with van der Waals surface area (Å²) in [6.07, 6.45) is 10.8. The van der Waals surface area contributed by atoms with Crippen molar-refractivity contribution >= 4 is 23.4 Å². The summed E-state index contributed by atoms with van der Waals surface area (Å²) in [6, 6.07) is 13.7. The number of nitrogens with zero attached hydrogens (tertiary/aromatic N) is 2. The van der Waals surface area contributed by atoms with Gasteiger partial charge in [0.1, 0.15) is 6.61 Å². The second kappa shape index (κ2) is 9.95. The van der Waals surface area contributed by atoms with E-state index in [0.717, 1.165) is 61.5 Å². The molecule has 34 heavy (non-hydrogen) atoms. The van der Waals surface area contributed by atoms with E-state index in [9.17, 15) is 5.11 Å². The molecule has 1 fully saturated rings. The number of halogens is 1. The number of hydrogen-bond acceptors (Lipinski definition) is 5. The number of methoxy groups -OCH3 is 1. The predicted octanol–water partition coefficient (Wildman–Crippen LogP) is 5.12. The Kier molecular flexibility index (Phi) is 6.77. The average Bonchev–Trinajstić information content (AvgIpc) is 3.03. The number of rotatable bonds is 5. The van der Waals surface area contributed by atoms with Crippen LogP contribution in [0, 0.1) is 5.92 Å². The molecule has 2 unspecified atom stereocenters.